The first kappa shape index (κ1) is 67.5. The normalized spacial score (nSPS) is 11.8. The molecule has 0 amide bonds. The second kappa shape index (κ2) is 27.9. The van der Waals surface area contributed by atoms with Gasteiger partial charge in [-0.25, -0.2) is 29.9 Å². The van der Waals surface area contributed by atoms with E-state index in [4.69, 9.17) is 29.9 Å². The minimum Gasteiger partial charge on any atom is -0.309 e. The SMILES string of the molecule is c1ccc(-c2ccc(-c3nc(-c4ccc(-c5cc6ccccc6s5)cc4)nc(-c4cc(-n5c6ccccc6c6ccccc65)cc(-n5c6ccccc6c6cc(-c7ccc8cc(-c9ccc(-c%10nc(-c%11ccc(-c%12ccccc%12)cc%11)nc(-c%11ccccc%11-n%11c%12ccccc%12c%12ccccc%12%11)n%10)cc9)sc8c7)ccc65)c4)n3)cc2)cc1. The Kier molecular flexibility index (Phi) is 16.1. The molecule has 23 rings (SSSR count). The van der Waals surface area contributed by atoms with Crippen LogP contribution in [0.1, 0.15) is 0 Å². The third-order valence-corrected chi connectivity index (χ3v) is 25.1. The van der Waals surface area contributed by atoms with Crippen molar-refractivity contribution in [3.8, 4) is 140 Å². The number of nitrogens with zero attached hydrogens (tertiary/aromatic N) is 9. The van der Waals surface area contributed by atoms with E-state index in [0.717, 1.165) is 139 Å². The number of hydrogen-bond donors (Lipinski definition) is 0. The number of fused-ring (bicyclic) bond motifs is 11. The molecule has 546 valence electrons. The van der Waals surface area contributed by atoms with E-state index in [2.05, 4.69) is 402 Å². The molecule has 0 radical (unpaired) electrons. The molecule has 0 aliphatic heterocycles. The third kappa shape index (κ3) is 11.9. The van der Waals surface area contributed by atoms with Crippen LogP contribution in [-0.2, 0) is 0 Å². The molecule has 9 nitrogen and oxygen atoms in total. The summed E-state index contributed by atoms with van der Waals surface area (Å²) in [7, 11) is 0. The van der Waals surface area contributed by atoms with Crippen LogP contribution in [0.15, 0.2) is 394 Å². The fourth-order valence-corrected chi connectivity index (χ4v) is 19.3. The minimum absolute atomic E-state index is 0.561. The van der Waals surface area contributed by atoms with Gasteiger partial charge in [0.15, 0.2) is 34.9 Å². The molecule has 0 atom stereocenters. The zero-order valence-corrected chi connectivity index (χ0v) is 64.5. The number of aromatic nitrogens is 9. The molecule has 7 heterocycles. The van der Waals surface area contributed by atoms with E-state index in [1.165, 1.54) is 51.5 Å². The molecule has 0 aliphatic carbocycles. The van der Waals surface area contributed by atoms with Gasteiger partial charge in [-0.15, -0.1) is 22.7 Å². The van der Waals surface area contributed by atoms with Gasteiger partial charge in [-0.05, 0) is 152 Å². The molecule has 0 bridgehead atoms. The van der Waals surface area contributed by atoms with Crippen LogP contribution >= 0.6 is 22.7 Å². The molecule has 0 N–H and O–H groups in total. The summed E-state index contributed by atoms with van der Waals surface area (Å²) in [6, 6.07) is 141. The highest BCUT2D eigenvalue weighted by atomic mass is 32.1. The molecule has 117 heavy (non-hydrogen) atoms. The Balaban J connectivity index is 0.616. The smallest absolute Gasteiger partial charge is 0.166 e. The highest BCUT2D eigenvalue weighted by molar-refractivity contribution is 7.22. The van der Waals surface area contributed by atoms with Crippen LogP contribution in [-0.4, -0.2) is 43.6 Å². The summed E-state index contributed by atoms with van der Waals surface area (Å²) >= 11 is 3.61. The predicted molar refractivity (Wildman–Crippen MR) is 487 cm³/mol. The summed E-state index contributed by atoms with van der Waals surface area (Å²) in [6.45, 7) is 0. The van der Waals surface area contributed by atoms with E-state index in [-0.39, 0.29) is 0 Å². The Hall–Kier alpha value is -15.1. The van der Waals surface area contributed by atoms with Crippen molar-refractivity contribution in [3.63, 3.8) is 0 Å². The number of benzene rings is 16. The molecule has 0 aliphatic rings. The molecule has 0 saturated heterocycles. The molecule has 7 aromatic heterocycles. The van der Waals surface area contributed by atoms with Gasteiger partial charge >= 0.3 is 0 Å². The Morgan fingerprint density at radius 1 is 0.179 bits per heavy atom. The van der Waals surface area contributed by atoms with Crippen LogP contribution in [0.4, 0.5) is 0 Å². The maximum atomic E-state index is 5.50. The van der Waals surface area contributed by atoms with E-state index in [0.29, 0.717) is 34.9 Å². The van der Waals surface area contributed by atoms with E-state index in [1.807, 2.05) is 6.07 Å². The highest BCUT2D eigenvalue weighted by Crippen LogP contribution is 2.44. The molecule has 0 saturated carbocycles. The fourth-order valence-electron chi connectivity index (χ4n) is 17.1. The lowest BCUT2D eigenvalue weighted by Crippen LogP contribution is -2.03. The van der Waals surface area contributed by atoms with Crippen molar-refractivity contribution in [1.82, 2.24) is 43.6 Å². The fraction of sp³-hybridized carbons (Fsp3) is 0. The predicted octanol–water partition coefficient (Wildman–Crippen LogP) is 28.1. The Morgan fingerprint density at radius 3 is 0.983 bits per heavy atom. The standard InChI is InChI=1S/C106H65N9S2/c1-3-21-66(22-4-1)68-39-47-72(48-40-68)101-107-102(74-51-43-70(44-52-74)98-63-78-25-7-20-38-97(78)116-98)110-105(109-101)80-59-81(113-90-32-14-8-26-83(90)84-27-9-15-33-91(84)113)65-82(60-80)114-92-34-16-12-30-87(92)89-61-76(57-58-96(89)114)77-55-56-79-64-99(117-100(79)62-77)71-45-53-75(54-46-71)104-108-103(73-49-41-69(42-50-73)67-23-5-2-6-24-67)111-106(112-104)88-31-13-19-37-95(88)115-93-35-17-10-28-85(93)86-29-11-18-36-94(86)115/h1-65H. The zero-order chi connectivity index (χ0) is 77.0. The number of thiophene rings is 2. The van der Waals surface area contributed by atoms with Crippen LogP contribution in [0.2, 0.25) is 0 Å². The first-order chi connectivity index (χ1) is 57.9. The van der Waals surface area contributed by atoms with Crippen LogP contribution in [0.5, 0.6) is 0 Å². The van der Waals surface area contributed by atoms with Gasteiger partial charge in [0, 0.05) is 96.2 Å². The molecular weight excluding hydrogens is 1460 g/mol. The highest BCUT2D eigenvalue weighted by Gasteiger charge is 2.24. The molecular formula is C106H65N9S2. The summed E-state index contributed by atoms with van der Waals surface area (Å²) in [4.78, 5) is 34.7. The average molecular weight is 1530 g/mol. The van der Waals surface area contributed by atoms with Crippen LogP contribution in [0.25, 0.3) is 225 Å². The summed E-state index contributed by atoms with van der Waals surface area (Å²) in [5.74, 6) is 3.51. The maximum absolute atomic E-state index is 5.50. The molecule has 0 unspecified atom stereocenters. The number of hydrogen-bond acceptors (Lipinski definition) is 8. The maximum Gasteiger partial charge on any atom is 0.166 e. The Labute approximate surface area is 681 Å². The van der Waals surface area contributed by atoms with E-state index in [9.17, 15) is 0 Å². The van der Waals surface area contributed by atoms with Crippen molar-refractivity contribution in [1.29, 1.82) is 0 Å². The third-order valence-electron chi connectivity index (χ3n) is 22.8. The summed E-state index contributed by atoms with van der Waals surface area (Å²) < 4.78 is 9.62. The minimum atomic E-state index is 0.561. The molecule has 16 aromatic carbocycles. The lowest BCUT2D eigenvalue weighted by Gasteiger charge is -2.16. The zero-order valence-electron chi connectivity index (χ0n) is 62.9. The van der Waals surface area contributed by atoms with Gasteiger partial charge in [-0.2, -0.15) is 0 Å². The van der Waals surface area contributed by atoms with Crippen molar-refractivity contribution in [2.75, 3.05) is 0 Å². The van der Waals surface area contributed by atoms with Gasteiger partial charge in [0.05, 0.1) is 38.8 Å². The first-order valence-electron chi connectivity index (χ1n) is 39.3. The average Bonchev–Trinajstić information content (AvgIpc) is 1.59. The Morgan fingerprint density at radius 2 is 0.504 bits per heavy atom. The van der Waals surface area contributed by atoms with Gasteiger partial charge in [-0.3, -0.25) is 0 Å². The second-order valence-corrected chi connectivity index (χ2v) is 31.9. The van der Waals surface area contributed by atoms with Crippen LogP contribution < -0.4 is 0 Å². The lowest BCUT2D eigenvalue weighted by atomic mass is 10.0. The number of para-hydroxylation sites is 6. The van der Waals surface area contributed by atoms with E-state index >= 15 is 0 Å². The van der Waals surface area contributed by atoms with Gasteiger partial charge in [0.25, 0.3) is 0 Å². The van der Waals surface area contributed by atoms with E-state index in [1.54, 1.807) is 22.7 Å². The summed E-state index contributed by atoms with van der Waals surface area (Å²) in [5.41, 5.74) is 23.9. The summed E-state index contributed by atoms with van der Waals surface area (Å²) in [5, 5.41) is 9.45. The monoisotopic (exact) mass is 1530 g/mol. The van der Waals surface area contributed by atoms with Gasteiger partial charge in [-0.1, -0.05) is 297 Å². The second-order valence-electron chi connectivity index (χ2n) is 29.7. The van der Waals surface area contributed by atoms with Crippen LogP contribution in [0, 0.1) is 0 Å². The summed E-state index contributed by atoms with van der Waals surface area (Å²) in [6.07, 6.45) is 0. The van der Waals surface area contributed by atoms with E-state index < -0.39 is 0 Å². The van der Waals surface area contributed by atoms with Crippen molar-refractivity contribution in [3.05, 3.63) is 394 Å². The van der Waals surface area contributed by atoms with Gasteiger partial charge < -0.3 is 13.7 Å². The molecule has 23 aromatic rings. The molecule has 11 heteroatoms. The number of rotatable bonds is 14. The van der Waals surface area contributed by atoms with Crippen molar-refractivity contribution in [2.45, 2.75) is 0 Å². The van der Waals surface area contributed by atoms with Crippen molar-refractivity contribution in [2.24, 2.45) is 0 Å². The lowest BCUT2D eigenvalue weighted by molar-refractivity contribution is 1.06. The molecule has 0 fully saturated rings. The van der Waals surface area contributed by atoms with Gasteiger partial charge in [0.2, 0.25) is 0 Å². The van der Waals surface area contributed by atoms with Crippen LogP contribution in [0.3, 0.4) is 0 Å². The van der Waals surface area contributed by atoms with Gasteiger partial charge in [0.1, 0.15) is 0 Å². The quantitative estimate of drug-likeness (QED) is 0.108. The topological polar surface area (TPSA) is 92.1 Å². The largest absolute Gasteiger partial charge is 0.309 e. The first-order valence-corrected chi connectivity index (χ1v) is 40.9. The van der Waals surface area contributed by atoms with Crippen molar-refractivity contribution >= 4 is 108 Å². The molecule has 0 spiro atoms. The van der Waals surface area contributed by atoms with Crippen molar-refractivity contribution < 1.29 is 0 Å². The Bertz CT molecular complexity index is 7710.